The molecule has 1 saturated heterocycles. The predicted octanol–water partition coefficient (Wildman–Crippen LogP) is 8.39. The molecule has 14 nitrogen and oxygen atoms in total. The first-order valence-electron chi connectivity index (χ1n) is 22.5. The topological polar surface area (TPSA) is 158 Å². The van der Waals surface area contributed by atoms with Gasteiger partial charge in [0.15, 0.2) is 11.3 Å². The lowest BCUT2D eigenvalue weighted by Gasteiger charge is -2.36. The highest BCUT2D eigenvalue weighted by Crippen LogP contribution is 2.35. The van der Waals surface area contributed by atoms with Crippen molar-refractivity contribution in [3.63, 3.8) is 0 Å². The molecule has 2 aromatic carbocycles. The van der Waals surface area contributed by atoms with Gasteiger partial charge in [0.1, 0.15) is 22.0 Å². The first-order valence-corrected chi connectivity index (χ1v) is 23.3. The fourth-order valence-electron chi connectivity index (χ4n) is 8.96. The smallest absolute Gasteiger partial charge is 0.390 e. The van der Waals surface area contributed by atoms with Crippen LogP contribution in [0.1, 0.15) is 73.3 Å². The fourth-order valence-corrected chi connectivity index (χ4v) is 10.1. The molecule has 0 atom stereocenters. The Balaban J connectivity index is 0.000000172. The molecule has 0 spiro atoms. The molecule has 0 radical (unpaired) electrons. The Bertz CT molecular complexity index is 3140. The average Bonchev–Trinajstić information content (AvgIpc) is 3.84. The minimum atomic E-state index is -4.40. The second-order valence-electron chi connectivity index (χ2n) is 18.0. The average molecular weight is 932 g/mol. The first kappa shape index (κ1) is 45.6. The van der Waals surface area contributed by atoms with Crippen molar-refractivity contribution in [2.45, 2.75) is 77.2 Å². The van der Waals surface area contributed by atoms with Gasteiger partial charge in [0.2, 0.25) is 5.43 Å². The van der Waals surface area contributed by atoms with Gasteiger partial charge in [-0.25, -0.2) is 14.5 Å². The van der Waals surface area contributed by atoms with Crippen LogP contribution in [0.4, 0.5) is 24.8 Å². The molecule has 67 heavy (non-hydrogen) atoms. The van der Waals surface area contributed by atoms with E-state index in [0.717, 1.165) is 92.1 Å². The second-order valence-corrected chi connectivity index (χ2v) is 19.0. The first-order chi connectivity index (χ1) is 32.1. The highest BCUT2D eigenvalue weighted by Gasteiger charge is 2.32. The number of nitrogens with zero attached hydrogens (tertiary/aromatic N) is 9. The molecule has 6 aromatic heterocycles. The molecule has 10 rings (SSSR count). The number of hydrogen-bond acceptors (Lipinski definition) is 12. The van der Waals surface area contributed by atoms with E-state index >= 15 is 0 Å². The summed E-state index contributed by atoms with van der Waals surface area (Å²) in [7, 11) is 2.13. The summed E-state index contributed by atoms with van der Waals surface area (Å²) in [6, 6.07) is 20.7. The number of likely N-dealkylation sites (N-methyl/N-ethyl adjacent to an activating group) is 1. The molecule has 0 bridgehead atoms. The van der Waals surface area contributed by atoms with Gasteiger partial charge in [-0.3, -0.25) is 24.0 Å². The summed E-state index contributed by atoms with van der Waals surface area (Å²) in [4.78, 5) is 50.2. The standard InChI is InChI=1S/C27H27N7O2S.C22H25F3N4O/c1-17-14-29-18(15-28-17)16-30-26(36)23-24(35)19-8-9-22(33-11-5-10-32(2)12-13-33)31-25(19)34-20-6-3-4-7-21(20)37-27(23)34;1-21(2,30)15-6-8-17(9-7-15)27-19-10-11-20-26-13-18(29(20)28-19)14-4-3-5-16(12-14)22(23,24)25/h3-4,6-9,14-15H,5,10-13,16H2,1-2H3,(H,30,36);3-5,10-13,15,17,30H,6-9H2,1-2H3,(H,27,28). The van der Waals surface area contributed by atoms with Gasteiger partial charge in [0.05, 0.1) is 62.8 Å². The number of aliphatic hydroxyl groups is 1. The number of benzene rings is 2. The Morgan fingerprint density at radius 2 is 1.70 bits per heavy atom. The van der Waals surface area contributed by atoms with Crippen molar-refractivity contribution in [1.82, 2.24) is 44.2 Å². The molecular weight excluding hydrogens is 880 g/mol. The van der Waals surface area contributed by atoms with Crippen LogP contribution < -0.4 is 21.0 Å². The van der Waals surface area contributed by atoms with E-state index in [1.54, 1.807) is 29.0 Å². The van der Waals surface area contributed by atoms with E-state index < -0.39 is 23.2 Å². The SMILES string of the molecule is CC(C)(O)C1CCC(Nc2ccc3ncc(-c4cccc(C(F)(F)F)c4)n3n2)CC1.Cc1cnc(CNC(=O)c2c(=O)c3ccc(N4CCCN(C)CC4)nc3n3c2sc2ccccc23)cn1. The van der Waals surface area contributed by atoms with Crippen LogP contribution in [0.3, 0.4) is 0 Å². The number of fused-ring (bicyclic) bond motifs is 6. The Morgan fingerprint density at radius 1 is 0.896 bits per heavy atom. The van der Waals surface area contributed by atoms with E-state index in [-0.39, 0.29) is 29.5 Å². The number of nitrogens with one attached hydrogen (secondary N) is 2. The number of pyridine rings is 2. The number of anilines is 2. The maximum atomic E-state index is 13.7. The molecule has 3 N–H and O–H groups in total. The van der Waals surface area contributed by atoms with Crippen molar-refractivity contribution in [1.29, 1.82) is 0 Å². The molecule has 0 unspecified atom stereocenters. The number of carbonyl (C=O) groups is 1. The number of para-hydroxylation sites is 1. The third kappa shape index (κ3) is 9.83. The van der Waals surface area contributed by atoms with E-state index in [9.17, 15) is 27.9 Å². The molecule has 7 heterocycles. The third-order valence-electron chi connectivity index (χ3n) is 12.7. The minimum Gasteiger partial charge on any atom is -0.390 e. The van der Waals surface area contributed by atoms with Crippen molar-refractivity contribution >= 4 is 60.6 Å². The summed E-state index contributed by atoms with van der Waals surface area (Å²) in [6.07, 6.45) is 5.20. The number of alkyl halides is 3. The number of halogens is 3. The predicted molar refractivity (Wildman–Crippen MR) is 256 cm³/mol. The largest absolute Gasteiger partial charge is 0.416 e. The van der Waals surface area contributed by atoms with Crippen LogP contribution in [0.5, 0.6) is 0 Å². The van der Waals surface area contributed by atoms with Gasteiger partial charge in [-0.05, 0) is 121 Å². The van der Waals surface area contributed by atoms with Gasteiger partial charge >= 0.3 is 6.18 Å². The zero-order valence-corrected chi connectivity index (χ0v) is 38.5. The molecule has 1 aliphatic carbocycles. The molecule has 348 valence electrons. The summed E-state index contributed by atoms with van der Waals surface area (Å²) in [5.74, 6) is 1.35. The molecule has 2 fully saturated rings. The Kier molecular flexibility index (Phi) is 12.7. The molecule has 2 aliphatic rings. The number of imidazole rings is 1. The van der Waals surface area contributed by atoms with Crippen LogP contribution in [0.25, 0.3) is 43.0 Å². The lowest BCUT2D eigenvalue weighted by molar-refractivity contribution is -0.137. The van der Waals surface area contributed by atoms with E-state index in [2.05, 4.69) is 47.5 Å². The summed E-state index contributed by atoms with van der Waals surface area (Å²) < 4.78 is 43.8. The Hall–Kier alpha value is -6.50. The van der Waals surface area contributed by atoms with Crippen molar-refractivity contribution in [2.24, 2.45) is 5.92 Å². The van der Waals surface area contributed by atoms with Gasteiger partial charge < -0.3 is 25.5 Å². The summed E-state index contributed by atoms with van der Waals surface area (Å²) >= 11 is 1.43. The van der Waals surface area contributed by atoms with Crippen LogP contribution in [0.2, 0.25) is 0 Å². The molecule has 1 saturated carbocycles. The molecule has 1 aliphatic heterocycles. The number of carbonyl (C=O) groups excluding carboxylic acids is 1. The van der Waals surface area contributed by atoms with Crippen molar-refractivity contribution in [3.8, 4) is 11.3 Å². The van der Waals surface area contributed by atoms with Gasteiger partial charge in [-0.2, -0.15) is 13.2 Å². The number of aryl methyl sites for hydroxylation is 1. The molecule has 18 heteroatoms. The van der Waals surface area contributed by atoms with Gasteiger partial charge in [0, 0.05) is 37.4 Å². The number of aromatic nitrogens is 7. The monoisotopic (exact) mass is 931 g/mol. The number of amides is 1. The maximum Gasteiger partial charge on any atom is 0.416 e. The van der Waals surface area contributed by atoms with Gasteiger partial charge in [0.25, 0.3) is 5.91 Å². The fraction of sp³-hybridized carbons (Fsp3) is 0.367. The normalized spacial score (nSPS) is 17.4. The number of thiazole rings is 1. The molecule has 8 aromatic rings. The summed E-state index contributed by atoms with van der Waals surface area (Å²) in [6.45, 7) is 9.55. The van der Waals surface area contributed by atoms with Crippen LogP contribution >= 0.6 is 11.3 Å². The van der Waals surface area contributed by atoms with Crippen LogP contribution in [-0.2, 0) is 12.7 Å². The highest BCUT2D eigenvalue weighted by molar-refractivity contribution is 7.24. The third-order valence-corrected chi connectivity index (χ3v) is 13.9. The lowest BCUT2D eigenvalue weighted by atomic mass is 9.77. The van der Waals surface area contributed by atoms with Gasteiger partial charge in [-0.15, -0.1) is 16.4 Å². The van der Waals surface area contributed by atoms with Crippen molar-refractivity contribution < 1.29 is 23.1 Å². The zero-order chi connectivity index (χ0) is 47.0. The lowest BCUT2D eigenvalue weighted by Crippen LogP contribution is -2.37. The van der Waals surface area contributed by atoms with Crippen LogP contribution in [-0.4, -0.2) is 94.7 Å². The summed E-state index contributed by atoms with van der Waals surface area (Å²) in [5, 5.41) is 21.5. The minimum absolute atomic E-state index is 0.125. The van der Waals surface area contributed by atoms with E-state index in [4.69, 9.17) is 4.98 Å². The van der Waals surface area contributed by atoms with E-state index in [1.807, 2.05) is 67.6 Å². The second kappa shape index (κ2) is 18.6. The van der Waals surface area contributed by atoms with E-state index in [0.29, 0.717) is 44.3 Å². The Morgan fingerprint density at radius 3 is 2.46 bits per heavy atom. The van der Waals surface area contributed by atoms with Gasteiger partial charge in [-0.1, -0.05) is 24.3 Å². The zero-order valence-electron chi connectivity index (χ0n) is 37.7. The maximum absolute atomic E-state index is 13.7. The highest BCUT2D eigenvalue weighted by atomic mass is 32.1. The van der Waals surface area contributed by atoms with Crippen LogP contribution in [0.15, 0.2) is 96.2 Å². The van der Waals surface area contributed by atoms with Crippen molar-refractivity contribution in [3.05, 3.63) is 124 Å². The number of hydrogen-bond donors (Lipinski definition) is 3. The Labute approximate surface area is 388 Å². The molecular formula is C49H52F3N11O3S. The van der Waals surface area contributed by atoms with Crippen molar-refractivity contribution in [2.75, 3.05) is 43.4 Å². The summed E-state index contributed by atoms with van der Waals surface area (Å²) in [5.41, 5.74) is 2.85. The number of rotatable bonds is 8. The van der Waals surface area contributed by atoms with Crippen LogP contribution in [0, 0.1) is 12.8 Å². The van der Waals surface area contributed by atoms with E-state index in [1.165, 1.54) is 23.6 Å². The molecule has 1 amide bonds. The quantitative estimate of drug-likeness (QED) is 0.134.